The molecule has 0 aliphatic heterocycles. The first-order valence-electron chi connectivity index (χ1n) is 9.46. The van der Waals surface area contributed by atoms with Crippen LogP contribution in [0.2, 0.25) is 12.1 Å². The molecule has 0 rings (SSSR count). The first-order chi connectivity index (χ1) is 10.1. The summed E-state index contributed by atoms with van der Waals surface area (Å²) < 4.78 is 13.2. The molecular formula is C18H40O2Si. The van der Waals surface area contributed by atoms with E-state index in [0.29, 0.717) is 12.2 Å². The lowest BCUT2D eigenvalue weighted by Crippen LogP contribution is -2.46. The van der Waals surface area contributed by atoms with E-state index in [-0.39, 0.29) is 0 Å². The SMILES string of the molecule is CCCCC(CC)O[Si](CC)(CC)OC(CC)CCCC. The van der Waals surface area contributed by atoms with Crippen LogP contribution in [0.5, 0.6) is 0 Å². The van der Waals surface area contributed by atoms with Gasteiger partial charge in [-0.1, -0.05) is 67.2 Å². The van der Waals surface area contributed by atoms with Crippen molar-refractivity contribution in [2.24, 2.45) is 0 Å². The van der Waals surface area contributed by atoms with Crippen LogP contribution in [-0.4, -0.2) is 20.8 Å². The molecule has 0 bridgehead atoms. The molecule has 2 unspecified atom stereocenters. The Labute approximate surface area is 135 Å². The van der Waals surface area contributed by atoms with Crippen molar-refractivity contribution >= 4 is 8.56 Å². The molecule has 0 aromatic rings. The van der Waals surface area contributed by atoms with Gasteiger partial charge < -0.3 is 8.85 Å². The Hall–Kier alpha value is 0.137. The van der Waals surface area contributed by atoms with Crippen LogP contribution in [-0.2, 0) is 8.85 Å². The molecule has 0 spiro atoms. The fourth-order valence-corrected chi connectivity index (χ4v) is 5.78. The minimum Gasteiger partial charge on any atom is -0.391 e. The monoisotopic (exact) mass is 316 g/mol. The summed E-state index contributed by atoms with van der Waals surface area (Å²) in [5.41, 5.74) is 0. The first-order valence-corrected chi connectivity index (χ1v) is 11.7. The predicted octanol–water partition coefficient (Wildman–Crippen LogP) is 6.44. The molecule has 0 N–H and O–H groups in total. The van der Waals surface area contributed by atoms with E-state index in [9.17, 15) is 0 Å². The summed E-state index contributed by atoms with van der Waals surface area (Å²) >= 11 is 0. The van der Waals surface area contributed by atoms with Gasteiger partial charge in [0.2, 0.25) is 0 Å². The van der Waals surface area contributed by atoms with Crippen molar-refractivity contribution in [1.82, 2.24) is 0 Å². The zero-order valence-corrected chi connectivity index (χ0v) is 16.5. The van der Waals surface area contributed by atoms with Gasteiger partial charge in [-0.05, 0) is 37.8 Å². The molecular weight excluding hydrogens is 276 g/mol. The Morgan fingerprint density at radius 1 is 0.667 bits per heavy atom. The highest BCUT2D eigenvalue weighted by Crippen LogP contribution is 2.27. The zero-order valence-electron chi connectivity index (χ0n) is 15.5. The van der Waals surface area contributed by atoms with Gasteiger partial charge in [0.15, 0.2) is 0 Å². The molecule has 0 heterocycles. The van der Waals surface area contributed by atoms with Crippen molar-refractivity contribution in [2.45, 2.75) is 117 Å². The molecule has 128 valence electrons. The Balaban J connectivity index is 4.70. The third kappa shape index (κ3) is 8.37. The fourth-order valence-electron chi connectivity index (χ4n) is 2.77. The van der Waals surface area contributed by atoms with Gasteiger partial charge in [0.05, 0.1) is 0 Å². The van der Waals surface area contributed by atoms with Crippen LogP contribution in [0, 0.1) is 0 Å². The van der Waals surface area contributed by atoms with Gasteiger partial charge in [-0.25, -0.2) is 0 Å². The Kier molecular flexibility index (Phi) is 12.7. The van der Waals surface area contributed by atoms with E-state index < -0.39 is 8.56 Å². The van der Waals surface area contributed by atoms with E-state index in [1.807, 2.05) is 0 Å². The largest absolute Gasteiger partial charge is 0.391 e. The molecule has 0 saturated heterocycles. The molecule has 0 aliphatic carbocycles. The lowest BCUT2D eigenvalue weighted by molar-refractivity contribution is 0.0648. The molecule has 0 amide bonds. The lowest BCUT2D eigenvalue weighted by atomic mass is 10.1. The quantitative estimate of drug-likeness (QED) is 0.343. The van der Waals surface area contributed by atoms with Crippen LogP contribution >= 0.6 is 0 Å². The Bertz CT molecular complexity index is 209. The molecule has 0 saturated carbocycles. The topological polar surface area (TPSA) is 18.5 Å². The van der Waals surface area contributed by atoms with Crippen molar-refractivity contribution < 1.29 is 8.85 Å². The van der Waals surface area contributed by atoms with Crippen molar-refractivity contribution in [3.63, 3.8) is 0 Å². The predicted molar refractivity (Wildman–Crippen MR) is 96.1 cm³/mol. The van der Waals surface area contributed by atoms with Gasteiger partial charge in [0.25, 0.3) is 0 Å². The van der Waals surface area contributed by atoms with E-state index in [4.69, 9.17) is 8.85 Å². The molecule has 0 fully saturated rings. The highest BCUT2D eigenvalue weighted by atomic mass is 28.4. The van der Waals surface area contributed by atoms with Crippen molar-refractivity contribution in [3.8, 4) is 0 Å². The molecule has 21 heavy (non-hydrogen) atoms. The maximum absolute atomic E-state index is 6.62. The zero-order chi connectivity index (χ0) is 16.1. The first kappa shape index (κ1) is 21.1. The fraction of sp³-hybridized carbons (Fsp3) is 1.00. The van der Waals surface area contributed by atoms with E-state index in [2.05, 4.69) is 41.5 Å². The van der Waals surface area contributed by atoms with Crippen LogP contribution in [0.15, 0.2) is 0 Å². The minimum atomic E-state index is -2.01. The molecule has 0 aromatic heterocycles. The second-order valence-electron chi connectivity index (χ2n) is 6.20. The third-order valence-corrected chi connectivity index (χ3v) is 8.19. The van der Waals surface area contributed by atoms with Crippen LogP contribution in [0.4, 0.5) is 0 Å². The summed E-state index contributed by atoms with van der Waals surface area (Å²) in [5, 5.41) is 0. The number of hydrogen-bond acceptors (Lipinski definition) is 2. The van der Waals surface area contributed by atoms with E-state index >= 15 is 0 Å². The summed E-state index contributed by atoms with van der Waals surface area (Å²) in [4.78, 5) is 0. The molecule has 0 aliphatic rings. The lowest BCUT2D eigenvalue weighted by Gasteiger charge is -2.36. The number of unbranched alkanes of at least 4 members (excludes halogenated alkanes) is 2. The van der Waals surface area contributed by atoms with Gasteiger partial charge in [-0.3, -0.25) is 0 Å². The van der Waals surface area contributed by atoms with E-state index in [1.54, 1.807) is 0 Å². The van der Waals surface area contributed by atoms with E-state index in [0.717, 1.165) is 24.9 Å². The second kappa shape index (κ2) is 12.7. The summed E-state index contributed by atoms with van der Waals surface area (Å²) in [6, 6.07) is 2.16. The summed E-state index contributed by atoms with van der Waals surface area (Å²) in [5.74, 6) is 0. The van der Waals surface area contributed by atoms with Crippen LogP contribution < -0.4 is 0 Å². The van der Waals surface area contributed by atoms with Crippen molar-refractivity contribution in [3.05, 3.63) is 0 Å². The molecule has 0 radical (unpaired) electrons. The maximum Gasteiger partial charge on any atom is 0.338 e. The number of hydrogen-bond donors (Lipinski definition) is 0. The Morgan fingerprint density at radius 3 is 1.29 bits per heavy atom. The number of rotatable bonds is 14. The molecule has 2 nitrogen and oxygen atoms in total. The smallest absolute Gasteiger partial charge is 0.338 e. The van der Waals surface area contributed by atoms with Crippen molar-refractivity contribution in [1.29, 1.82) is 0 Å². The average molecular weight is 317 g/mol. The molecule has 0 aromatic carbocycles. The van der Waals surface area contributed by atoms with Gasteiger partial charge in [-0.2, -0.15) is 0 Å². The normalized spacial score (nSPS) is 15.1. The summed E-state index contributed by atoms with van der Waals surface area (Å²) in [6.07, 6.45) is 10.5. The Morgan fingerprint density at radius 2 is 1.05 bits per heavy atom. The third-order valence-electron chi connectivity index (χ3n) is 4.51. The molecule has 3 heteroatoms. The van der Waals surface area contributed by atoms with Gasteiger partial charge in [0, 0.05) is 12.2 Å². The summed E-state index contributed by atoms with van der Waals surface area (Å²) in [6.45, 7) is 13.5. The maximum atomic E-state index is 6.62. The van der Waals surface area contributed by atoms with Crippen molar-refractivity contribution in [2.75, 3.05) is 0 Å². The van der Waals surface area contributed by atoms with Gasteiger partial charge in [-0.15, -0.1) is 0 Å². The van der Waals surface area contributed by atoms with Crippen LogP contribution in [0.25, 0.3) is 0 Å². The minimum absolute atomic E-state index is 0.403. The molecule has 2 atom stereocenters. The van der Waals surface area contributed by atoms with Crippen LogP contribution in [0.3, 0.4) is 0 Å². The van der Waals surface area contributed by atoms with Gasteiger partial charge >= 0.3 is 8.56 Å². The second-order valence-corrected chi connectivity index (χ2v) is 9.91. The van der Waals surface area contributed by atoms with Gasteiger partial charge in [0.1, 0.15) is 0 Å². The highest BCUT2D eigenvalue weighted by molar-refractivity contribution is 6.67. The standard InChI is InChI=1S/C18H40O2Si/c1-7-13-15-17(9-3)19-21(11-5,12-6)20-18(10-4)16-14-8-2/h17-18H,7-16H2,1-6H3. The summed E-state index contributed by atoms with van der Waals surface area (Å²) in [7, 11) is -2.01. The highest BCUT2D eigenvalue weighted by Gasteiger charge is 2.37. The average Bonchev–Trinajstić information content (AvgIpc) is 2.53. The van der Waals surface area contributed by atoms with Crippen LogP contribution in [0.1, 0.15) is 92.9 Å². The van der Waals surface area contributed by atoms with E-state index in [1.165, 1.54) is 38.5 Å².